The second-order valence-electron chi connectivity index (χ2n) is 4.27. The first-order chi connectivity index (χ1) is 9.58. The number of carbonyl (C=O) groups is 1. The summed E-state index contributed by atoms with van der Waals surface area (Å²) < 4.78 is 18.7. The molecule has 0 aromatic heterocycles. The average Bonchev–Trinajstić information content (AvgIpc) is 2.43. The van der Waals surface area contributed by atoms with Crippen LogP contribution in [-0.2, 0) is 4.79 Å². The van der Waals surface area contributed by atoms with Gasteiger partial charge in [-0.3, -0.25) is 4.79 Å². The highest BCUT2D eigenvalue weighted by Crippen LogP contribution is 2.19. The van der Waals surface area contributed by atoms with Gasteiger partial charge in [-0.1, -0.05) is 24.3 Å². The summed E-state index contributed by atoms with van der Waals surface area (Å²) >= 11 is 0. The third-order valence-corrected chi connectivity index (χ3v) is 2.73. The minimum Gasteiger partial charge on any atom is -0.478 e. The average molecular weight is 274 g/mol. The van der Waals surface area contributed by atoms with Crippen LogP contribution in [0, 0.1) is 5.82 Å². The quantitative estimate of drug-likeness (QED) is 0.843. The Morgan fingerprint density at radius 2 is 1.85 bits per heavy atom. The molecule has 0 radical (unpaired) electrons. The van der Waals surface area contributed by atoms with Crippen LogP contribution in [0.25, 0.3) is 0 Å². The van der Waals surface area contributed by atoms with E-state index in [1.54, 1.807) is 43.3 Å². The maximum absolute atomic E-state index is 13.4. The summed E-state index contributed by atoms with van der Waals surface area (Å²) in [6.45, 7) is 1.54. The number of carbonyl (C=O) groups excluding carboxylic acids is 1. The molecule has 1 atom stereocenters. The van der Waals surface area contributed by atoms with E-state index in [2.05, 4.69) is 5.32 Å². The predicted octanol–water partition coefficient (Wildman–Crippen LogP) is 2.81. The summed E-state index contributed by atoms with van der Waals surface area (Å²) in [4.78, 5) is 12.0. The van der Waals surface area contributed by atoms with Gasteiger partial charge < -0.3 is 15.8 Å². The van der Waals surface area contributed by atoms with Crippen molar-refractivity contribution in [3.8, 4) is 5.75 Å². The molecule has 4 nitrogen and oxygen atoms in total. The van der Waals surface area contributed by atoms with E-state index in [1.807, 2.05) is 0 Å². The number of hydrogen-bond acceptors (Lipinski definition) is 3. The smallest absolute Gasteiger partial charge is 0.265 e. The number of hydrogen-bond donors (Lipinski definition) is 2. The zero-order valence-electron chi connectivity index (χ0n) is 11.0. The molecular weight excluding hydrogens is 259 g/mol. The first kappa shape index (κ1) is 13.9. The fourth-order valence-corrected chi connectivity index (χ4v) is 1.63. The van der Waals surface area contributed by atoms with Gasteiger partial charge in [-0.05, 0) is 31.2 Å². The summed E-state index contributed by atoms with van der Waals surface area (Å²) in [6, 6.07) is 12.8. The zero-order chi connectivity index (χ0) is 14.5. The van der Waals surface area contributed by atoms with Gasteiger partial charge in [-0.15, -0.1) is 0 Å². The highest BCUT2D eigenvalue weighted by Gasteiger charge is 2.17. The summed E-state index contributed by atoms with van der Waals surface area (Å²) in [7, 11) is 0. The molecule has 0 aliphatic carbocycles. The molecular formula is C15H15FN2O2. The first-order valence-electron chi connectivity index (χ1n) is 6.14. The maximum atomic E-state index is 13.4. The summed E-state index contributed by atoms with van der Waals surface area (Å²) in [5.74, 6) is -0.867. The van der Waals surface area contributed by atoms with Crippen LogP contribution < -0.4 is 15.8 Å². The van der Waals surface area contributed by atoms with Gasteiger partial charge in [0.1, 0.15) is 0 Å². The lowest BCUT2D eigenvalue weighted by atomic mass is 10.2. The van der Waals surface area contributed by atoms with Gasteiger partial charge in [0.05, 0.1) is 11.4 Å². The van der Waals surface area contributed by atoms with E-state index in [9.17, 15) is 9.18 Å². The predicted molar refractivity (Wildman–Crippen MR) is 76.0 cm³/mol. The molecule has 1 unspecified atom stereocenters. The third-order valence-electron chi connectivity index (χ3n) is 2.73. The van der Waals surface area contributed by atoms with Crippen molar-refractivity contribution in [3.63, 3.8) is 0 Å². The highest BCUT2D eigenvalue weighted by molar-refractivity contribution is 5.96. The van der Waals surface area contributed by atoms with Crippen molar-refractivity contribution in [2.75, 3.05) is 11.1 Å². The molecule has 0 bridgehead atoms. The maximum Gasteiger partial charge on any atom is 0.265 e. The lowest BCUT2D eigenvalue weighted by Gasteiger charge is -2.15. The van der Waals surface area contributed by atoms with Gasteiger partial charge in [-0.25, -0.2) is 4.39 Å². The molecule has 0 saturated carbocycles. The Morgan fingerprint density at radius 1 is 1.20 bits per heavy atom. The van der Waals surface area contributed by atoms with E-state index in [0.717, 1.165) is 0 Å². The first-order valence-corrected chi connectivity index (χ1v) is 6.14. The van der Waals surface area contributed by atoms with Crippen LogP contribution >= 0.6 is 0 Å². The minimum atomic E-state index is -0.841. The lowest BCUT2D eigenvalue weighted by Crippen LogP contribution is -2.30. The topological polar surface area (TPSA) is 64.3 Å². The van der Waals surface area contributed by atoms with Crippen LogP contribution in [0.2, 0.25) is 0 Å². The van der Waals surface area contributed by atoms with E-state index in [-0.39, 0.29) is 5.75 Å². The number of nitrogen functional groups attached to an aromatic ring is 1. The van der Waals surface area contributed by atoms with Crippen LogP contribution in [0.1, 0.15) is 6.92 Å². The SMILES string of the molecule is CC(Oc1ccccc1F)C(=O)Nc1ccccc1N. The minimum absolute atomic E-state index is 0.0381. The van der Waals surface area contributed by atoms with Crippen molar-refractivity contribution in [2.45, 2.75) is 13.0 Å². The Morgan fingerprint density at radius 3 is 2.55 bits per heavy atom. The molecule has 0 saturated heterocycles. The molecule has 104 valence electrons. The number of nitrogens with two attached hydrogens (primary N) is 1. The van der Waals surface area contributed by atoms with E-state index in [1.165, 1.54) is 12.1 Å². The van der Waals surface area contributed by atoms with Gasteiger partial charge >= 0.3 is 0 Å². The monoisotopic (exact) mass is 274 g/mol. The van der Waals surface area contributed by atoms with Gasteiger partial charge in [0, 0.05) is 0 Å². The molecule has 0 aliphatic rings. The van der Waals surface area contributed by atoms with Crippen LogP contribution in [0.3, 0.4) is 0 Å². The highest BCUT2D eigenvalue weighted by atomic mass is 19.1. The van der Waals surface area contributed by atoms with Crippen LogP contribution in [-0.4, -0.2) is 12.0 Å². The largest absolute Gasteiger partial charge is 0.478 e. The van der Waals surface area contributed by atoms with E-state index < -0.39 is 17.8 Å². The van der Waals surface area contributed by atoms with Crippen molar-refractivity contribution in [2.24, 2.45) is 0 Å². The van der Waals surface area contributed by atoms with Gasteiger partial charge in [0.25, 0.3) is 5.91 Å². The number of para-hydroxylation sites is 3. The van der Waals surface area contributed by atoms with Crippen molar-refractivity contribution < 1.29 is 13.9 Å². The Balaban J connectivity index is 2.03. The molecule has 20 heavy (non-hydrogen) atoms. The molecule has 2 aromatic carbocycles. The number of ether oxygens (including phenoxy) is 1. The number of rotatable bonds is 4. The van der Waals surface area contributed by atoms with Crippen LogP contribution in [0.4, 0.5) is 15.8 Å². The van der Waals surface area contributed by atoms with Crippen molar-refractivity contribution in [3.05, 3.63) is 54.3 Å². The molecule has 2 aromatic rings. The van der Waals surface area contributed by atoms with Crippen molar-refractivity contribution >= 4 is 17.3 Å². The van der Waals surface area contributed by atoms with Gasteiger partial charge in [0.15, 0.2) is 17.7 Å². The van der Waals surface area contributed by atoms with E-state index in [0.29, 0.717) is 11.4 Å². The van der Waals surface area contributed by atoms with Crippen molar-refractivity contribution in [1.29, 1.82) is 0 Å². The summed E-state index contributed by atoms with van der Waals surface area (Å²) in [5, 5.41) is 2.64. The summed E-state index contributed by atoms with van der Waals surface area (Å²) in [6.07, 6.45) is -0.841. The second kappa shape index (κ2) is 6.06. The second-order valence-corrected chi connectivity index (χ2v) is 4.27. The fourth-order valence-electron chi connectivity index (χ4n) is 1.63. The molecule has 0 fully saturated rings. The molecule has 5 heteroatoms. The number of halogens is 1. The summed E-state index contributed by atoms with van der Waals surface area (Å²) in [5.41, 5.74) is 6.69. The van der Waals surface area contributed by atoms with E-state index >= 15 is 0 Å². The molecule has 1 amide bonds. The number of benzene rings is 2. The van der Waals surface area contributed by atoms with Crippen LogP contribution in [0.5, 0.6) is 5.75 Å². The Kier molecular flexibility index (Phi) is 4.20. The Bertz CT molecular complexity index is 616. The van der Waals surface area contributed by atoms with Crippen LogP contribution in [0.15, 0.2) is 48.5 Å². The molecule has 2 rings (SSSR count). The Hall–Kier alpha value is -2.56. The van der Waals surface area contributed by atoms with Gasteiger partial charge in [-0.2, -0.15) is 0 Å². The third kappa shape index (κ3) is 3.26. The molecule has 0 spiro atoms. The molecule has 0 heterocycles. The lowest BCUT2D eigenvalue weighted by molar-refractivity contribution is -0.122. The van der Waals surface area contributed by atoms with Gasteiger partial charge in [0.2, 0.25) is 0 Å². The number of amides is 1. The number of anilines is 2. The van der Waals surface area contributed by atoms with E-state index in [4.69, 9.17) is 10.5 Å². The normalized spacial score (nSPS) is 11.7. The van der Waals surface area contributed by atoms with Crippen molar-refractivity contribution in [1.82, 2.24) is 0 Å². The molecule has 0 aliphatic heterocycles. The zero-order valence-corrected chi connectivity index (χ0v) is 11.0. The Labute approximate surface area is 116 Å². The fraction of sp³-hybridized carbons (Fsp3) is 0.133. The molecule has 3 N–H and O–H groups in total. The number of nitrogens with one attached hydrogen (secondary N) is 1. The standard InChI is InChI=1S/C15H15FN2O2/c1-10(20-14-9-5-2-6-11(14)16)15(19)18-13-8-4-3-7-12(13)17/h2-10H,17H2,1H3,(H,18,19).